The van der Waals surface area contributed by atoms with Gasteiger partial charge in [0.1, 0.15) is 0 Å². The third-order valence-electron chi connectivity index (χ3n) is 7.77. The normalized spacial score (nSPS) is 21.4. The van der Waals surface area contributed by atoms with E-state index < -0.39 is 16.3 Å². The molecule has 1 aromatic heterocycles. The Balaban J connectivity index is 1.15. The molecule has 2 saturated heterocycles. The number of sulfonamides is 1. The highest BCUT2D eigenvalue weighted by molar-refractivity contribution is 7.92. The molecule has 43 heavy (non-hydrogen) atoms. The molecular weight excluding hydrogens is 566 g/mol. The monoisotopic (exact) mass is 601 g/mol. The summed E-state index contributed by atoms with van der Waals surface area (Å²) in [6.07, 6.45) is 3.31. The molecular formula is C32H35N5O5S. The van der Waals surface area contributed by atoms with Gasteiger partial charge in [-0.05, 0) is 41.5 Å². The van der Waals surface area contributed by atoms with Crippen LogP contribution < -0.4 is 9.62 Å². The molecule has 0 saturated carbocycles. The van der Waals surface area contributed by atoms with Gasteiger partial charge >= 0.3 is 0 Å². The highest BCUT2D eigenvalue weighted by Crippen LogP contribution is 2.38. The number of hydrogen-bond acceptors (Lipinski definition) is 9. The Kier molecular flexibility index (Phi) is 8.96. The topological polar surface area (TPSA) is 117 Å². The second kappa shape index (κ2) is 13.2. The smallest absolute Gasteiger partial charge is 0.261 e. The Morgan fingerprint density at radius 1 is 0.814 bits per heavy atom. The molecule has 0 radical (unpaired) electrons. The van der Waals surface area contributed by atoms with E-state index >= 15 is 0 Å². The molecule has 0 spiro atoms. The number of benzene rings is 3. The zero-order valence-electron chi connectivity index (χ0n) is 23.7. The minimum absolute atomic E-state index is 0.0134. The van der Waals surface area contributed by atoms with E-state index in [1.165, 1.54) is 0 Å². The molecule has 2 fully saturated rings. The zero-order chi connectivity index (χ0) is 29.6. The van der Waals surface area contributed by atoms with Crippen LogP contribution in [0, 0.1) is 0 Å². The van der Waals surface area contributed by atoms with Crippen molar-refractivity contribution in [3.05, 3.63) is 114 Å². The van der Waals surface area contributed by atoms with E-state index in [0.717, 1.165) is 55.4 Å². The van der Waals surface area contributed by atoms with Crippen molar-refractivity contribution in [2.75, 3.05) is 42.3 Å². The average molecular weight is 602 g/mol. The van der Waals surface area contributed by atoms with Crippen molar-refractivity contribution in [3.8, 4) is 0 Å². The summed E-state index contributed by atoms with van der Waals surface area (Å²) >= 11 is 0. The number of piperazine rings is 1. The van der Waals surface area contributed by atoms with E-state index in [1.54, 1.807) is 54.9 Å². The standard InChI is InChI=1S/C32H35N5O5S/c38-23-24-7-9-25(10-8-24)30-21-28(22-36-17-19-37(20-18-36)32-33-15-4-16-34-32)41-31(42-30)26-11-13-27(14-12-26)35-43(39,40)29-5-2-1-3-6-29/h1-16,28,30-31,35,38H,17-23H2/t28-,30+,31+/m0/s1. The first-order valence-electron chi connectivity index (χ1n) is 14.4. The Morgan fingerprint density at radius 3 is 2.16 bits per heavy atom. The van der Waals surface area contributed by atoms with E-state index in [1.807, 2.05) is 42.5 Å². The van der Waals surface area contributed by atoms with Crippen LogP contribution in [0.15, 0.2) is 102 Å². The number of nitrogens with one attached hydrogen (secondary N) is 1. The van der Waals surface area contributed by atoms with Gasteiger partial charge in [-0.25, -0.2) is 18.4 Å². The van der Waals surface area contributed by atoms with Crippen molar-refractivity contribution < 1.29 is 23.0 Å². The molecule has 224 valence electrons. The van der Waals surface area contributed by atoms with E-state index in [2.05, 4.69) is 24.5 Å². The molecule has 0 unspecified atom stereocenters. The Labute approximate surface area is 252 Å². The lowest BCUT2D eigenvalue weighted by Crippen LogP contribution is -2.50. The largest absolute Gasteiger partial charge is 0.392 e. The van der Waals surface area contributed by atoms with Crippen LogP contribution in [0.3, 0.4) is 0 Å². The summed E-state index contributed by atoms with van der Waals surface area (Å²) in [6.45, 7) is 4.15. The average Bonchev–Trinajstić information content (AvgIpc) is 3.06. The van der Waals surface area contributed by atoms with Crippen molar-refractivity contribution in [1.82, 2.24) is 14.9 Å². The lowest BCUT2D eigenvalue weighted by atomic mass is 9.99. The van der Waals surface area contributed by atoms with Crippen LogP contribution in [0.25, 0.3) is 0 Å². The number of rotatable bonds is 9. The fourth-order valence-electron chi connectivity index (χ4n) is 5.43. The summed E-state index contributed by atoms with van der Waals surface area (Å²) in [5.41, 5.74) is 3.12. The van der Waals surface area contributed by atoms with Crippen LogP contribution in [0.1, 0.15) is 35.5 Å². The summed E-state index contributed by atoms with van der Waals surface area (Å²) in [5.74, 6) is 0.755. The maximum atomic E-state index is 12.8. The van der Waals surface area contributed by atoms with Gasteiger partial charge < -0.3 is 19.5 Å². The van der Waals surface area contributed by atoms with Gasteiger partial charge in [-0.3, -0.25) is 9.62 Å². The van der Waals surface area contributed by atoms with Crippen LogP contribution in [-0.4, -0.2) is 67.2 Å². The van der Waals surface area contributed by atoms with E-state index in [-0.39, 0.29) is 23.7 Å². The third kappa shape index (κ3) is 7.20. The van der Waals surface area contributed by atoms with Crippen molar-refractivity contribution in [3.63, 3.8) is 0 Å². The first-order valence-corrected chi connectivity index (χ1v) is 15.9. The van der Waals surface area contributed by atoms with E-state index in [4.69, 9.17) is 9.47 Å². The number of hydrogen-bond donors (Lipinski definition) is 2. The summed E-state index contributed by atoms with van der Waals surface area (Å²) in [4.78, 5) is 13.6. The molecule has 0 amide bonds. The summed E-state index contributed by atoms with van der Waals surface area (Å²) in [6, 6.07) is 25.0. The molecule has 10 nitrogen and oxygen atoms in total. The van der Waals surface area contributed by atoms with Crippen LogP contribution in [0.2, 0.25) is 0 Å². The number of aliphatic hydroxyl groups is 1. The fourth-order valence-corrected chi connectivity index (χ4v) is 6.51. The predicted molar refractivity (Wildman–Crippen MR) is 163 cm³/mol. The lowest BCUT2D eigenvalue weighted by Gasteiger charge is -2.40. The van der Waals surface area contributed by atoms with Gasteiger partial charge in [-0.1, -0.05) is 54.6 Å². The number of anilines is 2. The third-order valence-corrected chi connectivity index (χ3v) is 9.17. The second-order valence-corrected chi connectivity index (χ2v) is 12.4. The molecule has 11 heteroatoms. The van der Waals surface area contributed by atoms with Gasteiger partial charge in [-0.2, -0.15) is 0 Å². The van der Waals surface area contributed by atoms with E-state index in [9.17, 15) is 13.5 Å². The molecule has 4 aromatic rings. The fraction of sp³-hybridized carbons (Fsp3) is 0.312. The van der Waals surface area contributed by atoms with Crippen LogP contribution in [0.4, 0.5) is 11.6 Å². The number of aromatic nitrogens is 2. The first-order chi connectivity index (χ1) is 21.0. The number of nitrogens with zero attached hydrogens (tertiary/aromatic N) is 4. The van der Waals surface area contributed by atoms with Crippen molar-refractivity contribution in [2.45, 2.75) is 36.4 Å². The van der Waals surface area contributed by atoms with Gasteiger partial charge in [0.25, 0.3) is 10.0 Å². The molecule has 3 aromatic carbocycles. The van der Waals surface area contributed by atoms with Gasteiger partial charge in [-0.15, -0.1) is 0 Å². The summed E-state index contributed by atoms with van der Waals surface area (Å²) in [5, 5.41) is 9.49. The minimum Gasteiger partial charge on any atom is -0.392 e. The Bertz CT molecular complexity index is 1570. The SMILES string of the molecule is O=S(=O)(Nc1ccc([C@@H]2O[C@H](CN3CCN(c4ncccn4)CC3)C[C@H](c3ccc(CO)cc3)O2)cc1)c1ccccc1. The molecule has 2 aliphatic heterocycles. The van der Waals surface area contributed by atoms with Gasteiger partial charge in [0, 0.05) is 62.8 Å². The molecule has 0 aliphatic carbocycles. The number of ether oxygens (including phenoxy) is 2. The maximum absolute atomic E-state index is 12.8. The maximum Gasteiger partial charge on any atom is 0.261 e. The van der Waals surface area contributed by atoms with Gasteiger partial charge in [0.15, 0.2) is 6.29 Å². The molecule has 3 atom stereocenters. The lowest BCUT2D eigenvalue weighted by molar-refractivity contribution is -0.253. The predicted octanol–water partition coefficient (Wildman–Crippen LogP) is 4.14. The highest BCUT2D eigenvalue weighted by Gasteiger charge is 2.34. The van der Waals surface area contributed by atoms with Crippen LogP contribution in [-0.2, 0) is 26.1 Å². The molecule has 2 N–H and O–H groups in total. The first kappa shape index (κ1) is 29.2. The number of aliphatic hydroxyl groups excluding tert-OH is 1. The van der Waals surface area contributed by atoms with Gasteiger partial charge in [0.2, 0.25) is 5.95 Å². The van der Waals surface area contributed by atoms with Crippen molar-refractivity contribution in [2.24, 2.45) is 0 Å². The summed E-state index contributed by atoms with van der Waals surface area (Å²) < 4.78 is 41.2. The highest BCUT2D eigenvalue weighted by atomic mass is 32.2. The van der Waals surface area contributed by atoms with E-state index in [0.29, 0.717) is 12.1 Å². The van der Waals surface area contributed by atoms with Gasteiger partial charge in [0.05, 0.1) is 23.7 Å². The Hall–Kier alpha value is -3.87. The minimum atomic E-state index is -3.70. The van der Waals surface area contributed by atoms with Crippen LogP contribution >= 0.6 is 0 Å². The summed E-state index contributed by atoms with van der Waals surface area (Å²) in [7, 11) is -3.70. The van der Waals surface area contributed by atoms with Crippen LogP contribution in [0.5, 0.6) is 0 Å². The molecule has 3 heterocycles. The van der Waals surface area contributed by atoms with Crippen molar-refractivity contribution in [1.29, 1.82) is 0 Å². The zero-order valence-corrected chi connectivity index (χ0v) is 24.5. The Morgan fingerprint density at radius 2 is 1.49 bits per heavy atom. The second-order valence-electron chi connectivity index (χ2n) is 10.7. The van der Waals surface area contributed by atoms with Crippen molar-refractivity contribution >= 4 is 21.7 Å². The molecule has 2 aliphatic rings. The molecule has 0 bridgehead atoms. The molecule has 6 rings (SSSR count). The quantitative estimate of drug-likeness (QED) is 0.292.